The highest BCUT2D eigenvalue weighted by atomic mass is 19.1. The fourth-order valence-corrected chi connectivity index (χ4v) is 2.44. The first-order chi connectivity index (χ1) is 9.67. The maximum absolute atomic E-state index is 13.2. The number of nitriles is 1. The van der Waals surface area contributed by atoms with Crippen LogP contribution in [0.1, 0.15) is 16.7 Å². The molecule has 0 spiro atoms. The number of halogens is 1. The standard InChI is InChI=1S/C17H13FN2/c1-12-8-13(10-19)2-3-15(12)11-20-7-6-14-9-16(18)4-5-17(14)20/h2-9H,11H2,1H3. The van der Waals surface area contributed by atoms with Crippen molar-refractivity contribution in [3.63, 3.8) is 0 Å². The molecule has 2 aromatic carbocycles. The molecule has 0 bridgehead atoms. The van der Waals surface area contributed by atoms with E-state index in [1.165, 1.54) is 12.1 Å². The highest BCUT2D eigenvalue weighted by Gasteiger charge is 2.05. The van der Waals surface area contributed by atoms with Gasteiger partial charge in [-0.1, -0.05) is 6.07 Å². The van der Waals surface area contributed by atoms with Crippen LogP contribution in [-0.4, -0.2) is 4.57 Å². The predicted octanol–water partition coefficient (Wildman–Crippen LogP) is 4.01. The molecule has 0 aliphatic carbocycles. The largest absolute Gasteiger partial charge is 0.343 e. The Kier molecular flexibility index (Phi) is 3.00. The van der Waals surface area contributed by atoms with E-state index in [1.54, 1.807) is 6.07 Å². The number of benzene rings is 2. The third-order valence-electron chi connectivity index (χ3n) is 3.55. The Morgan fingerprint density at radius 2 is 2.00 bits per heavy atom. The first-order valence-electron chi connectivity index (χ1n) is 6.41. The van der Waals surface area contributed by atoms with Crippen LogP contribution in [0, 0.1) is 24.1 Å². The van der Waals surface area contributed by atoms with Crippen LogP contribution >= 0.6 is 0 Å². The molecule has 0 amide bonds. The summed E-state index contributed by atoms with van der Waals surface area (Å²) in [5.41, 5.74) is 3.93. The van der Waals surface area contributed by atoms with E-state index in [2.05, 4.69) is 10.6 Å². The molecule has 0 N–H and O–H groups in total. The van der Waals surface area contributed by atoms with Crippen LogP contribution in [0.2, 0.25) is 0 Å². The van der Waals surface area contributed by atoms with Crippen LogP contribution in [0.5, 0.6) is 0 Å². The van der Waals surface area contributed by atoms with Crippen molar-refractivity contribution < 1.29 is 4.39 Å². The van der Waals surface area contributed by atoms with Crippen molar-refractivity contribution in [1.82, 2.24) is 4.57 Å². The van der Waals surface area contributed by atoms with Crippen molar-refractivity contribution in [2.45, 2.75) is 13.5 Å². The zero-order valence-electron chi connectivity index (χ0n) is 11.1. The highest BCUT2D eigenvalue weighted by molar-refractivity contribution is 5.80. The van der Waals surface area contributed by atoms with Crippen molar-refractivity contribution in [2.75, 3.05) is 0 Å². The lowest BCUT2D eigenvalue weighted by molar-refractivity contribution is 0.629. The molecule has 98 valence electrons. The van der Waals surface area contributed by atoms with Crippen LogP contribution in [0.4, 0.5) is 4.39 Å². The normalized spacial score (nSPS) is 10.7. The van der Waals surface area contributed by atoms with E-state index in [-0.39, 0.29) is 5.82 Å². The molecule has 0 aliphatic rings. The molecule has 1 aromatic heterocycles. The molecule has 3 aromatic rings. The summed E-state index contributed by atoms with van der Waals surface area (Å²) in [6.07, 6.45) is 1.96. The van der Waals surface area contributed by atoms with Gasteiger partial charge in [0.05, 0.1) is 11.6 Å². The molecular formula is C17H13FN2. The van der Waals surface area contributed by atoms with Crippen molar-refractivity contribution in [3.05, 3.63) is 71.2 Å². The third kappa shape index (κ3) is 2.17. The van der Waals surface area contributed by atoms with Crippen molar-refractivity contribution in [1.29, 1.82) is 5.26 Å². The topological polar surface area (TPSA) is 28.7 Å². The van der Waals surface area contributed by atoms with E-state index in [9.17, 15) is 4.39 Å². The minimum Gasteiger partial charge on any atom is -0.343 e. The number of hydrogen-bond donors (Lipinski definition) is 0. The second kappa shape index (κ2) is 4.82. The second-order valence-corrected chi connectivity index (χ2v) is 4.90. The fourth-order valence-electron chi connectivity index (χ4n) is 2.44. The Morgan fingerprint density at radius 1 is 1.15 bits per heavy atom. The maximum Gasteiger partial charge on any atom is 0.123 e. The maximum atomic E-state index is 13.2. The number of nitrogens with zero attached hydrogens (tertiary/aromatic N) is 2. The Balaban J connectivity index is 1.99. The van der Waals surface area contributed by atoms with Gasteiger partial charge < -0.3 is 4.57 Å². The van der Waals surface area contributed by atoms with E-state index in [0.29, 0.717) is 12.1 Å². The van der Waals surface area contributed by atoms with Crippen LogP contribution in [0.25, 0.3) is 10.9 Å². The molecule has 20 heavy (non-hydrogen) atoms. The van der Waals surface area contributed by atoms with Crippen molar-refractivity contribution >= 4 is 10.9 Å². The van der Waals surface area contributed by atoms with Gasteiger partial charge in [-0.05, 0) is 54.4 Å². The number of aromatic nitrogens is 1. The number of rotatable bonds is 2. The average molecular weight is 264 g/mol. The van der Waals surface area contributed by atoms with Gasteiger partial charge in [-0.15, -0.1) is 0 Å². The third-order valence-corrected chi connectivity index (χ3v) is 3.55. The van der Waals surface area contributed by atoms with Crippen LogP contribution < -0.4 is 0 Å². The summed E-state index contributed by atoms with van der Waals surface area (Å²) >= 11 is 0. The number of fused-ring (bicyclic) bond motifs is 1. The predicted molar refractivity (Wildman–Crippen MR) is 76.9 cm³/mol. The Bertz CT molecular complexity index is 825. The van der Waals surface area contributed by atoms with Crippen LogP contribution in [0.3, 0.4) is 0 Å². The van der Waals surface area contributed by atoms with E-state index < -0.39 is 0 Å². The summed E-state index contributed by atoms with van der Waals surface area (Å²) in [5.74, 6) is -0.218. The summed E-state index contributed by atoms with van der Waals surface area (Å²) in [7, 11) is 0. The van der Waals surface area contributed by atoms with Gasteiger partial charge in [0.2, 0.25) is 0 Å². The molecule has 0 radical (unpaired) electrons. The smallest absolute Gasteiger partial charge is 0.123 e. The zero-order valence-corrected chi connectivity index (χ0v) is 11.1. The summed E-state index contributed by atoms with van der Waals surface area (Å²) < 4.78 is 15.3. The van der Waals surface area contributed by atoms with E-state index in [1.807, 2.05) is 37.4 Å². The first-order valence-corrected chi connectivity index (χ1v) is 6.41. The average Bonchev–Trinajstić information content (AvgIpc) is 2.83. The molecule has 0 unspecified atom stereocenters. The lowest BCUT2D eigenvalue weighted by atomic mass is 10.1. The van der Waals surface area contributed by atoms with Gasteiger partial charge in [0, 0.05) is 23.6 Å². The molecule has 0 aliphatic heterocycles. The van der Waals surface area contributed by atoms with Crippen LogP contribution in [-0.2, 0) is 6.54 Å². The van der Waals surface area contributed by atoms with E-state index in [0.717, 1.165) is 22.0 Å². The monoisotopic (exact) mass is 264 g/mol. The molecule has 1 heterocycles. The number of hydrogen-bond acceptors (Lipinski definition) is 1. The lowest BCUT2D eigenvalue weighted by Crippen LogP contribution is -2.00. The quantitative estimate of drug-likeness (QED) is 0.687. The van der Waals surface area contributed by atoms with Crippen LogP contribution in [0.15, 0.2) is 48.7 Å². The van der Waals surface area contributed by atoms with Gasteiger partial charge in [-0.25, -0.2) is 4.39 Å². The van der Waals surface area contributed by atoms with E-state index >= 15 is 0 Å². The SMILES string of the molecule is Cc1cc(C#N)ccc1Cn1ccc2cc(F)ccc21. The van der Waals surface area contributed by atoms with Gasteiger partial charge >= 0.3 is 0 Å². The minimum absolute atomic E-state index is 0.218. The molecule has 3 rings (SSSR count). The zero-order chi connectivity index (χ0) is 14.1. The van der Waals surface area contributed by atoms with Gasteiger partial charge in [0.15, 0.2) is 0 Å². The minimum atomic E-state index is -0.218. The molecule has 2 nitrogen and oxygen atoms in total. The Hall–Kier alpha value is -2.60. The summed E-state index contributed by atoms with van der Waals surface area (Å²) in [5, 5.41) is 9.79. The molecule has 0 saturated carbocycles. The number of aryl methyl sites for hydroxylation is 1. The van der Waals surface area contributed by atoms with Crippen molar-refractivity contribution in [2.24, 2.45) is 0 Å². The van der Waals surface area contributed by atoms with Crippen molar-refractivity contribution in [3.8, 4) is 6.07 Å². The highest BCUT2D eigenvalue weighted by Crippen LogP contribution is 2.20. The Labute approximate surface area is 116 Å². The summed E-state index contributed by atoms with van der Waals surface area (Å²) in [4.78, 5) is 0. The molecule has 3 heteroatoms. The molecule has 0 fully saturated rings. The molecule has 0 atom stereocenters. The Morgan fingerprint density at radius 3 is 2.75 bits per heavy atom. The van der Waals surface area contributed by atoms with Gasteiger partial charge in [0.25, 0.3) is 0 Å². The second-order valence-electron chi connectivity index (χ2n) is 4.90. The van der Waals surface area contributed by atoms with Gasteiger partial charge in [-0.3, -0.25) is 0 Å². The van der Waals surface area contributed by atoms with E-state index in [4.69, 9.17) is 5.26 Å². The lowest BCUT2D eigenvalue weighted by Gasteiger charge is -2.09. The van der Waals surface area contributed by atoms with Gasteiger partial charge in [0.1, 0.15) is 5.82 Å². The first kappa shape index (κ1) is 12.4. The summed E-state index contributed by atoms with van der Waals surface area (Å²) in [6, 6.07) is 14.6. The fraction of sp³-hybridized carbons (Fsp3) is 0.118. The van der Waals surface area contributed by atoms with Gasteiger partial charge in [-0.2, -0.15) is 5.26 Å². The molecular weight excluding hydrogens is 251 g/mol. The molecule has 0 saturated heterocycles. The summed E-state index contributed by atoms with van der Waals surface area (Å²) in [6.45, 7) is 2.72.